The van der Waals surface area contributed by atoms with Crippen LogP contribution in [0.15, 0.2) is 12.2 Å². The molecule has 0 aromatic heterocycles. The van der Waals surface area contributed by atoms with Gasteiger partial charge in [-0.2, -0.15) is 0 Å². The summed E-state index contributed by atoms with van der Waals surface area (Å²) in [6, 6.07) is 0. The van der Waals surface area contributed by atoms with Gasteiger partial charge in [0.05, 0.1) is 0 Å². The summed E-state index contributed by atoms with van der Waals surface area (Å²) in [4.78, 5) is 2.36. The molecule has 0 saturated carbocycles. The summed E-state index contributed by atoms with van der Waals surface area (Å²) < 4.78 is 0. The normalized spacial score (nSPS) is 26.8. The van der Waals surface area contributed by atoms with Crippen LogP contribution >= 0.6 is 0 Å². The zero-order valence-electron chi connectivity index (χ0n) is 6.14. The standard InChI is InChI=1S/C8H15N/c1-9-7-5-3-2-4-6-8-9/h3,5H,2,4,6-8H2,1H3/b5-3-. The zero-order chi connectivity index (χ0) is 6.53. The molecule has 1 heterocycles. The van der Waals surface area contributed by atoms with Gasteiger partial charge < -0.3 is 4.90 Å². The SMILES string of the molecule is CN1C/C=C\CCCC1. The summed E-state index contributed by atoms with van der Waals surface area (Å²) in [6.07, 6.45) is 8.56. The van der Waals surface area contributed by atoms with Gasteiger partial charge in [0.1, 0.15) is 0 Å². The highest BCUT2D eigenvalue weighted by Gasteiger charge is 1.96. The van der Waals surface area contributed by atoms with E-state index >= 15 is 0 Å². The summed E-state index contributed by atoms with van der Waals surface area (Å²) in [5.41, 5.74) is 0. The number of rotatable bonds is 0. The third-order valence-electron chi connectivity index (χ3n) is 1.74. The first-order valence-corrected chi connectivity index (χ1v) is 3.73. The molecule has 1 aliphatic rings. The molecule has 0 spiro atoms. The van der Waals surface area contributed by atoms with Gasteiger partial charge in [-0.05, 0) is 32.9 Å². The molecule has 0 atom stereocenters. The second kappa shape index (κ2) is 3.67. The molecule has 1 heteroatoms. The lowest BCUT2D eigenvalue weighted by atomic mass is 10.2. The molecular weight excluding hydrogens is 110 g/mol. The molecule has 0 amide bonds. The smallest absolute Gasteiger partial charge is 0.0160 e. The van der Waals surface area contributed by atoms with E-state index in [1.165, 1.54) is 25.8 Å². The average molecular weight is 125 g/mol. The fraction of sp³-hybridized carbons (Fsp3) is 0.750. The lowest BCUT2D eigenvalue weighted by Gasteiger charge is -2.15. The van der Waals surface area contributed by atoms with Gasteiger partial charge in [0, 0.05) is 6.54 Å². The van der Waals surface area contributed by atoms with Crippen LogP contribution in [0.4, 0.5) is 0 Å². The molecule has 0 radical (unpaired) electrons. The van der Waals surface area contributed by atoms with E-state index in [2.05, 4.69) is 24.1 Å². The molecule has 52 valence electrons. The zero-order valence-corrected chi connectivity index (χ0v) is 6.14. The minimum atomic E-state index is 1.14. The summed E-state index contributed by atoms with van der Waals surface area (Å²) in [5, 5.41) is 0. The van der Waals surface area contributed by atoms with Gasteiger partial charge in [0.15, 0.2) is 0 Å². The molecule has 1 rings (SSSR count). The van der Waals surface area contributed by atoms with Crippen LogP contribution in [0.3, 0.4) is 0 Å². The van der Waals surface area contributed by atoms with E-state index in [-0.39, 0.29) is 0 Å². The summed E-state index contributed by atoms with van der Waals surface area (Å²) in [6.45, 7) is 2.41. The quantitative estimate of drug-likeness (QED) is 0.445. The maximum absolute atomic E-state index is 2.36. The van der Waals surface area contributed by atoms with Crippen molar-refractivity contribution in [1.82, 2.24) is 4.90 Å². The van der Waals surface area contributed by atoms with Crippen molar-refractivity contribution in [3.63, 3.8) is 0 Å². The first-order valence-electron chi connectivity index (χ1n) is 3.73. The Bertz CT molecular complexity index is 96.7. The van der Waals surface area contributed by atoms with Crippen LogP contribution in [0.1, 0.15) is 19.3 Å². The number of nitrogens with zero attached hydrogens (tertiary/aromatic N) is 1. The number of likely N-dealkylation sites (N-methyl/N-ethyl adjacent to an activating group) is 1. The highest BCUT2D eigenvalue weighted by molar-refractivity contribution is 4.85. The Kier molecular flexibility index (Phi) is 2.78. The predicted octanol–water partition coefficient (Wildman–Crippen LogP) is 1.66. The van der Waals surface area contributed by atoms with Crippen LogP contribution < -0.4 is 0 Å². The minimum absolute atomic E-state index is 1.14. The molecule has 9 heavy (non-hydrogen) atoms. The Morgan fingerprint density at radius 1 is 1.22 bits per heavy atom. The molecule has 0 fully saturated rings. The first kappa shape index (κ1) is 6.81. The molecular formula is C8H15N. The Morgan fingerprint density at radius 3 is 3.00 bits per heavy atom. The van der Waals surface area contributed by atoms with E-state index in [9.17, 15) is 0 Å². The van der Waals surface area contributed by atoms with Crippen LogP contribution in [0.5, 0.6) is 0 Å². The van der Waals surface area contributed by atoms with E-state index in [1.807, 2.05) is 0 Å². The Labute approximate surface area is 57.4 Å². The van der Waals surface area contributed by atoms with Gasteiger partial charge >= 0.3 is 0 Å². The van der Waals surface area contributed by atoms with Gasteiger partial charge in [-0.3, -0.25) is 0 Å². The maximum Gasteiger partial charge on any atom is 0.0160 e. The average Bonchev–Trinajstić information content (AvgIpc) is 1.79. The topological polar surface area (TPSA) is 3.24 Å². The fourth-order valence-electron chi connectivity index (χ4n) is 1.11. The predicted molar refractivity (Wildman–Crippen MR) is 40.5 cm³/mol. The Morgan fingerprint density at radius 2 is 2.11 bits per heavy atom. The van der Waals surface area contributed by atoms with Crippen LogP contribution in [0.2, 0.25) is 0 Å². The van der Waals surface area contributed by atoms with Gasteiger partial charge in [-0.1, -0.05) is 12.2 Å². The van der Waals surface area contributed by atoms with Crippen molar-refractivity contribution >= 4 is 0 Å². The Balaban J connectivity index is 2.28. The lowest BCUT2D eigenvalue weighted by molar-refractivity contribution is 0.355. The second-order valence-electron chi connectivity index (χ2n) is 2.73. The van der Waals surface area contributed by atoms with Crippen molar-refractivity contribution in [2.45, 2.75) is 19.3 Å². The van der Waals surface area contributed by atoms with Crippen molar-refractivity contribution < 1.29 is 0 Å². The van der Waals surface area contributed by atoms with Crippen molar-refractivity contribution in [3.8, 4) is 0 Å². The summed E-state index contributed by atoms with van der Waals surface area (Å²) in [5.74, 6) is 0. The largest absolute Gasteiger partial charge is 0.303 e. The van der Waals surface area contributed by atoms with E-state index in [0.717, 1.165) is 6.54 Å². The molecule has 0 aliphatic carbocycles. The minimum Gasteiger partial charge on any atom is -0.303 e. The lowest BCUT2D eigenvalue weighted by Crippen LogP contribution is -2.20. The molecule has 0 N–H and O–H groups in total. The number of hydrogen-bond acceptors (Lipinski definition) is 1. The first-order chi connectivity index (χ1) is 4.39. The summed E-state index contributed by atoms with van der Waals surface area (Å²) >= 11 is 0. The fourth-order valence-corrected chi connectivity index (χ4v) is 1.11. The van der Waals surface area contributed by atoms with Crippen LogP contribution in [-0.2, 0) is 0 Å². The molecule has 0 aromatic rings. The molecule has 1 nitrogen and oxygen atoms in total. The molecule has 1 aliphatic heterocycles. The van der Waals surface area contributed by atoms with E-state index < -0.39 is 0 Å². The van der Waals surface area contributed by atoms with Crippen LogP contribution in [-0.4, -0.2) is 25.0 Å². The van der Waals surface area contributed by atoms with Crippen molar-refractivity contribution in [2.75, 3.05) is 20.1 Å². The van der Waals surface area contributed by atoms with E-state index in [1.54, 1.807) is 0 Å². The van der Waals surface area contributed by atoms with Crippen LogP contribution in [0, 0.1) is 0 Å². The third kappa shape index (κ3) is 2.66. The maximum atomic E-state index is 2.36. The monoisotopic (exact) mass is 125 g/mol. The second-order valence-corrected chi connectivity index (χ2v) is 2.73. The van der Waals surface area contributed by atoms with Gasteiger partial charge in [-0.15, -0.1) is 0 Å². The highest BCUT2D eigenvalue weighted by atomic mass is 15.1. The van der Waals surface area contributed by atoms with Crippen molar-refractivity contribution in [3.05, 3.63) is 12.2 Å². The third-order valence-corrected chi connectivity index (χ3v) is 1.74. The van der Waals surface area contributed by atoms with Crippen molar-refractivity contribution in [1.29, 1.82) is 0 Å². The van der Waals surface area contributed by atoms with Gasteiger partial charge in [-0.25, -0.2) is 0 Å². The molecule has 0 unspecified atom stereocenters. The molecule has 0 bridgehead atoms. The number of hydrogen-bond donors (Lipinski definition) is 0. The van der Waals surface area contributed by atoms with E-state index in [0.29, 0.717) is 0 Å². The summed E-state index contributed by atoms with van der Waals surface area (Å²) in [7, 11) is 2.18. The van der Waals surface area contributed by atoms with Crippen LogP contribution in [0.25, 0.3) is 0 Å². The van der Waals surface area contributed by atoms with Gasteiger partial charge in [0.2, 0.25) is 0 Å². The van der Waals surface area contributed by atoms with E-state index in [4.69, 9.17) is 0 Å². The molecule has 0 saturated heterocycles. The van der Waals surface area contributed by atoms with Gasteiger partial charge in [0.25, 0.3) is 0 Å². The van der Waals surface area contributed by atoms with Crippen molar-refractivity contribution in [2.24, 2.45) is 0 Å². The Hall–Kier alpha value is -0.300. The molecule has 0 aromatic carbocycles. The highest BCUT2D eigenvalue weighted by Crippen LogP contribution is 2.01. The number of allylic oxidation sites excluding steroid dienone is 1.